The maximum atomic E-state index is 11.7. The lowest BCUT2D eigenvalue weighted by atomic mass is 10.3. The monoisotopic (exact) mass is 212 g/mol. The molecule has 0 atom stereocenters. The van der Waals surface area contributed by atoms with E-state index in [1.54, 1.807) is 21.0 Å². The lowest BCUT2D eigenvalue weighted by molar-refractivity contribution is -0.718. The fraction of sp³-hybridized carbons (Fsp3) is 0.444. The highest BCUT2D eigenvalue weighted by molar-refractivity contribution is 5.97. The number of hydrogen-bond acceptors (Lipinski definition) is 4. The van der Waals surface area contributed by atoms with Crippen LogP contribution in [0.1, 0.15) is 6.92 Å². The third-order valence-electron chi connectivity index (χ3n) is 2.49. The minimum absolute atomic E-state index is 0.00931. The Kier molecular flexibility index (Phi) is 2.63. The van der Waals surface area contributed by atoms with E-state index in [0.29, 0.717) is 12.2 Å². The molecule has 0 spiro atoms. The van der Waals surface area contributed by atoms with Gasteiger partial charge in [0, 0.05) is 14.0 Å². The highest BCUT2D eigenvalue weighted by Crippen LogP contribution is 2.20. The van der Waals surface area contributed by atoms with Crippen LogP contribution in [0.4, 0.5) is 0 Å². The number of carbonyl (C=O) groups excluding carboxylic acids is 2. The molecular formula is C9H14N3O3+. The number of quaternary nitrogens is 1. The van der Waals surface area contributed by atoms with Crippen LogP contribution in [0.5, 0.6) is 0 Å². The molecule has 1 N–H and O–H groups in total. The van der Waals surface area contributed by atoms with Crippen molar-refractivity contribution >= 4 is 18.2 Å². The number of aliphatic hydroxyl groups is 1. The van der Waals surface area contributed by atoms with Crippen LogP contribution in [-0.4, -0.2) is 53.8 Å². The van der Waals surface area contributed by atoms with Crippen LogP contribution in [0, 0.1) is 0 Å². The van der Waals surface area contributed by atoms with Crippen LogP contribution in [-0.2, 0) is 9.59 Å². The summed E-state index contributed by atoms with van der Waals surface area (Å²) in [5.74, 6) is -0.460. The van der Waals surface area contributed by atoms with Crippen molar-refractivity contribution in [2.75, 3.05) is 21.1 Å². The zero-order chi connectivity index (χ0) is 11.8. The number of aliphatic imine (C=N–C) groups is 1. The van der Waals surface area contributed by atoms with Gasteiger partial charge in [-0.25, -0.2) is 9.28 Å². The van der Waals surface area contributed by atoms with E-state index in [0.717, 1.165) is 4.90 Å². The van der Waals surface area contributed by atoms with Crippen molar-refractivity contribution in [3.05, 3.63) is 11.6 Å². The summed E-state index contributed by atoms with van der Waals surface area (Å²) < 4.78 is -0.137. The third kappa shape index (κ3) is 1.63. The van der Waals surface area contributed by atoms with E-state index in [2.05, 4.69) is 4.99 Å². The number of hydrogen-bond donors (Lipinski definition) is 1. The molecule has 82 valence electrons. The van der Waals surface area contributed by atoms with Crippen molar-refractivity contribution in [3.63, 3.8) is 0 Å². The Balaban J connectivity index is 3.28. The summed E-state index contributed by atoms with van der Waals surface area (Å²) in [6, 6.07) is 0. The Hall–Kier alpha value is -1.69. The average molecular weight is 212 g/mol. The van der Waals surface area contributed by atoms with E-state index in [9.17, 15) is 14.7 Å². The first-order valence-electron chi connectivity index (χ1n) is 4.38. The molecule has 0 unspecified atom stereocenters. The third-order valence-corrected chi connectivity index (χ3v) is 2.49. The summed E-state index contributed by atoms with van der Waals surface area (Å²) >= 11 is 0. The van der Waals surface area contributed by atoms with E-state index in [4.69, 9.17) is 0 Å². The van der Waals surface area contributed by atoms with E-state index >= 15 is 0 Å². The number of nitrogens with zero attached hydrogens (tertiary/aromatic N) is 3. The lowest BCUT2D eigenvalue weighted by Crippen LogP contribution is -2.52. The van der Waals surface area contributed by atoms with Crippen LogP contribution in [0.2, 0.25) is 0 Å². The Bertz CT molecular complexity index is 378. The number of likely N-dealkylation sites (N-methyl/N-ethyl adjacent to an activating group) is 1. The first-order valence-corrected chi connectivity index (χ1v) is 4.38. The number of rotatable bonds is 2. The number of amides is 2. The smallest absolute Gasteiger partial charge is 0.390 e. The van der Waals surface area contributed by atoms with Gasteiger partial charge in [0.1, 0.15) is 0 Å². The molecule has 6 heteroatoms. The van der Waals surface area contributed by atoms with Crippen molar-refractivity contribution < 1.29 is 19.2 Å². The molecule has 0 aromatic rings. The van der Waals surface area contributed by atoms with Gasteiger partial charge in [0.2, 0.25) is 12.2 Å². The Morgan fingerprint density at radius 1 is 1.47 bits per heavy atom. The molecular weight excluding hydrogens is 198 g/mol. The zero-order valence-corrected chi connectivity index (χ0v) is 9.18. The predicted octanol–water partition coefficient (Wildman–Crippen LogP) is -0.163. The summed E-state index contributed by atoms with van der Waals surface area (Å²) in [5, 5.41) is 9.60. The van der Waals surface area contributed by atoms with Crippen LogP contribution in [0.25, 0.3) is 0 Å². The van der Waals surface area contributed by atoms with Gasteiger partial charge in [-0.05, 0) is 0 Å². The van der Waals surface area contributed by atoms with Crippen molar-refractivity contribution in [1.82, 2.24) is 4.90 Å². The second-order valence-electron chi connectivity index (χ2n) is 3.81. The van der Waals surface area contributed by atoms with Gasteiger partial charge in [0.15, 0.2) is 5.82 Å². The number of amidine groups is 1. The van der Waals surface area contributed by atoms with Gasteiger partial charge in [-0.2, -0.15) is 4.99 Å². The van der Waals surface area contributed by atoms with Gasteiger partial charge < -0.3 is 5.11 Å². The molecule has 2 amide bonds. The molecule has 1 aliphatic rings. The topological polar surface area (TPSA) is 70.0 Å². The Labute approximate surface area is 87.7 Å². The molecule has 0 bridgehead atoms. The number of carbonyl (C=O) groups is 2. The fourth-order valence-corrected chi connectivity index (χ4v) is 1.13. The standard InChI is InChI=1S/C9H13N3O3/c1-6-10-8(11(2)5-13)7(14)9(15)12(6,3)4/h5H,1-4H3/p+1. The molecule has 1 heterocycles. The highest BCUT2D eigenvalue weighted by atomic mass is 16.3. The minimum Gasteiger partial charge on any atom is -0.498 e. The maximum Gasteiger partial charge on any atom is 0.390 e. The molecule has 1 aliphatic heterocycles. The van der Waals surface area contributed by atoms with Gasteiger partial charge in [0.25, 0.3) is 5.76 Å². The second-order valence-corrected chi connectivity index (χ2v) is 3.81. The van der Waals surface area contributed by atoms with E-state index in [1.807, 2.05) is 0 Å². The average Bonchev–Trinajstić information content (AvgIpc) is 2.20. The highest BCUT2D eigenvalue weighted by Gasteiger charge is 2.40. The Morgan fingerprint density at radius 2 is 2.00 bits per heavy atom. The fourth-order valence-electron chi connectivity index (χ4n) is 1.13. The van der Waals surface area contributed by atoms with Gasteiger partial charge in [0.05, 0.1) is 14.1 Å². The largest absolute Gasteiger partial charge is 0.498 e. The summed E-state index contributed by atoms with van der Waals surface area (Å²) in [6.07, 6.45) is 0.487. The molecule has 1 rings (SSSR count). The minimum atomic E-state index is -0.486. The SMILES string of the molecule is CC1=NC(N(C)C=O)=C(O)C(=O)[N+]1(C)C. The van der Waals surface area contributed by atoms with Crippen molar-refractivity contribution in [2.24, 2.45) is 4.99 Å². The summed E-state index contributed by atoms with van der Waals surface area (Å²) in [7, 11) is 4.66. The van der Waals surface area contributed by atoms with E-state index in [1.165, 1.54) is 7.05 Å². The molecule has 0 saturated heterocycles. The second kappa shape index (κ2) is 3.47. The maximum absolute atomic E-state index is 11.7. The normalized spacial score (nSPS) is 20.0. The molecule has 0 saturated carbocycles. The van der Waals surface area contributed by atoms with Crippen LogP contribution in [0.15, 0.2) is 16.6 Å². The quantitative estimate of drug-likeness (QED) is 0.510. The molecule has 0 aliphatic carbocycles. The van der Waals surface area contributed by atoms with Gasteiger partial charge in [-0.3, -0.25) is 9.69 Å². The first kappa shape index (κ1) is 11.4. The van der Waals surface area contributed by atoms with Crippen LogP contribution < -0.4 is 0 Å². The van der Waals surface area contributed by atoms with E-state index in [-0.39, 0.29) is 10.3 Å². The van der Waals surface area contributed by atoms with Gasteiger partial charge >= 0.3 is 5.91 Å². The van der Waals surface area contributed by atoms with E-state index < -0.39 is 11.7 Å². The predicted molar refractivity (Wildman–Crippen MR) is 53.7 cm³/mol. The molecule has 6 nitrogen and oxygen atoms in total. The molecule has 0 aromatic heterocycles. The van der Waals surface area contributed by atoms with Gasteiger partial charge in [-0.15, -0.1) is 0 Å². The molecule has 0 radical (unpaired) electrons. The number of aliphatic hydroxyl groups excluding tert-OH is 1. The zero-order valence-electron chi connectivity index (χ0n) is 9.18. The summed E-state index contributed by atoms with van der Waals surface area (Å²) in [6.45, 7) is 1.67. The molecule has 0 aromatic carbocycles. The first-order chi connectivity index (χ1) is 6.82. The van der Waals surface area contributed by atoms with Crippen molar-refractivity contribution in [1.29, 1.82) is 0 Å². The molecule has 15 heavy (non-hydrogen) atoms. The van der Waals surface area contributed by atoms with Crippen LogP contribution in [0.3, 0.4) is 0 Å². The summed E-state index contributed by atoms with van der Waals surface area (Å²) in [4.78, 5) is 27.3. The van der Waals surface area contributed by atoms with Crippen molar-refractivity contribution in [2.45, 2.75) is 6.92 Å². The Morgan fingerprint density at radius 3 is 2.47 bits per heavy atom. The summed E-state index contributed by atoms with van der Waals surface area (Å²) in [5.41, 5.74) is 0. The van der Waals surface area contributed by atoms with Crippen LogP contribution >= 0.6 is 0 Å². The van der Waals surface area contributed by atoms with Gasteiger partial charge in [-0.1, -0.05) is 0 Å². The molecule has 0 fully saturated rings. The lowest BCUT2D eigenvalue weighted by Gasteiger charge is -2.29. The van der Waals surface area contributed by atoms with Crippen molar-refractivity contribution in [3.8, 4) is 0 Å².